The number of halogens is 1. The molecular formula is C26H23ClN2O2S2. The van der Waals surface area contributed by atoms with Crippen LogP contribution in [-0.2, 0) is 9.53 Å². The van der Waals surface area contributed by atoms with Gasteiger partial charge in [-0.1, -0.05) is 53.7 Å². The standard InChI is InChI=1S/C26H23ClN2O2S2/c1-2-31-17-16-29-25(30)24(33-26(29)28-21-6-4-3-5-7-21)18-19-8-12-22(13-9-19)32-23-14-10-20(27)11-15-23/h3-15,18H,2,16-17H2,1H3/b24-18-,28-26?. The van der Waals surface area contributed by atoms with Gasteiger partial charge < -0.3 is 4.74 Å². The van der Waals surface area contributed by atoms with Crippen molar-refractivity contribution in [1.82, 2.24) is 4.90 Å². The molecule has 1 aliphatic rings. The minimum absolute atomic E-state index is 0.0472. The Morgan fingerprint density at radius 1 is 1.00 bits per heavy atom. The Kier molecular flexibility index (Phi) is 8.29. The molecule has 0 aliphatic carbocycles. The highest BCUT2D eigenvalue weighted by molar-refractivity contribution is 8.18. The number of nitrogens with zero attached hydrogens (tertiary/aromatic N) is 2. The van der Waals surface area contributed by atoms with Crippen LogP contribution in [0.2, 0.25) is 5.02 Å². The zero-order valence-electron chi connectivity index (χ0n) is 18.1. The summed E-state index contributed by atoms with van der Waals surface area (Å²) in [4.78, 5) is 22.4. The molecule has 3 aromatic carbocycles. The SMILES string of the molecule is CCOCCN1C(=O)/C(=C/c2ccc(Sc3ccc(Cl)cc3)cc2)SC1=Nc1ccccc1. The second kappa shape index (κ2) is 11.6. The van der Waals surface area contributed by atoms with Crippen LogP contribution in [0.3, 0.4) is 0 Å². The van der Waals surface area contributed by atoms with Crippen molar-refractivity contribution in [2.45, 2.75) is 16.7 Å². The number of thioether (sulfide) groups is 1. The van der Waals surface area contributed by atoms with E-state index in [9.17, 15) is 4.79 Å². The number of aliphatic imine (C=N–C) groups is 1. The highest BCUT2D eigenvalue weighted by Crippen LogP contribution is 2.35. The van der Waals surface area contributed by atoms with Gasteiger partial charge in [0.2, 0.25) is 0 Å². The van der Waals surface area contributed by atoms with Crippen molar-refractivity contribution in [3.63, 3.8) is 0 Å². The third-order valence-electron chi connectivity index (χ3n) is 4.76. The average molecular weight is 495 g/mol. The van der Waals surface area contributed by atoms with Gasteiger partial charge in [-0.2, -0.15) is 0 Å². The molecular weight excluding hydrogens is 472 g/mol. The molecule has 0 aromatic heterocycles. The van der Waals surface area contributed by atoms with E-state index in [1.165, 1.54) is 11.8 Å². The molecule has 0 bridgehead atoms. The van der Waals surface area contributed by atoms with Crippen LogP contribution in [-0.4, -0.2) is 35.7 Å². The lowest BCUT2D eigenvalue weighted by atomic mass is 10.2. The minimum atomic E-state index is -0.0472. The van der Waals surface area contributed by atoms with Gasteiger partial charge in [-0.25, -0.2) is 4.99 Å². The number of ether oxygens (including phenoxy) is 1. The lowest BCUT2D eigenvalue weighted by Gasteiger charge is -2.15. The predicted molar refractivity (Wildman–Crippen MR) is 139 cm³/mol. The van der Waals surface area contributed by atoms with E-state index in [0.717, 1.165) is 26.1 Å². The molecule has 4 rings (SSSR count). The Balaban J connectivity index is 1.52. The third-order valence-corrected chi connectivity index (χ3v) is 7.03. The highest BCUT2D eigenvalue weighted by atomic mass is 35.5. The Bertz CT molecular complexity index is 1150. The summed E-state index contributed by atoms with van der Waals surface area (Å²) in [6.45, 7) is 3.50. The van der Waals surface area contributed by atoms with E-state index in [0.29, 0.717) is 29.8 Å². The quantitative estimate of drug-likeness (QED) is 0.246. The van der Waals surface area contributed by atoms with Crippen molar-refractivity contribution >= 4 is 58.0 Å². The molecule has 4 nitrogen and oxygen atoms in total. The van der Waals surface area contributed by atoms with Crippen molar-refractivity contribution in [2.24, 2.45) is 4.99 Å². The summed E-state index contributed by atoms with van der Waals surface area (Å²) < 4.78 is 5.48. The smallest absolute Gasteiger partial charge is 0.266 e. The zero-order valence-corrected chi connectivity index (χ0v) is 20.5. The first-order chi connectivity index (χ1) is 16.1. The van der Waals surface area contributed by atoms with Crippen LogP contribution in [0.1, 0.15) is 12.5 Å². The second-order valence-corrected chi connectivity index (χ2v) is 9.71. The molecule has 3 aromatic rings. The Morgan fingerprint density at radius 2 is 1.67 bits per heavy atom. The van der Waals surface area contributed by atoms with E-state index in [1.807, 2.05) is 79.7 Å². The topological polar surface area (TPSA) is 41.9 Å². The number of amides is 1. The van der Waals surface area contributed by atoms with Crippen LogP contribution in [0.15, 0.2) is 98.6 Å². The number of hydrogen-bond donors (Lipinski definition) is 0. The lowest BCUT2D eigenvalue weighted by Crippen LogP contribution is -2.32. The van der Waals surface area contributed by atoms with Gasteiger partial charge in [-0.15, -0.1) is 0 Å². The zero-order chi connectivity index (χ0) is 23.0. The number of carbonyl (C=O) groups excluding carboxylic acids is 1. The summed E-state index contributed by atoms with van der Waals surface area (Å²) in [6, 6.07) is 25.6. The highest BCUT2D eigenvalue weighted by Gasteiger charge is 2.33. The van der Waals surface area contributed by atoms with Crippen molar-refractivity contribution in [2.75, 3.05) is 19.8 Å². The fourth-order valence-corrected chi connectivity index (χ4v) is 5.09. The maximum Gasteiger partial charge on any atom is 0.266 e. The Morgan fingerprint density at radius 3 is 2.33 bits per heavy atom. The van der Waals surface area contributed by atoms with Gasteiger partial charge in [0.05, 0.1) is 23.7 Å². The van der Waals surface area contributed by atoms with Gasteiger partial charge in [-0.3, -0.25) is 9.69 Å². The van der Waals surface area contributed by atoms with E-state index < -0.39 is 0 Å². The van der Waals surface area contributed by atoms with Gasteiger partial charge in [-0.05, 0) is 78.9 Å². The lowest BCUT2D eigenvalue weighted by molar-refractivity contribution is -0.122. The molecule has 1 amide bonds. The third kappa shape index (κ3) is 6.51. The number of benzene rings is 3. The molecule has 1 heterocycles. The van der Waals surface area contributed by atoms with Crippen molar-refractivity contribution < 1.29 is 9.53 Å². The summed E-state index contributed by atoms with van der Waals surface area (Å²) in [6.07, 6.45) is 1.92. The van der Waals surface area contributed by atoms with Gasteiger partial charge in [0.15, 0.2) is 5.17 Å². The number of carbonyl (C=O) groups is 1. The van der Waals surface area contributed by atoms with E-state index in [2.05, 4.69) is 12.1 Å². The summed E-state index contributed by atoms with van der Waals surface area (Å²) in [5.74, 6) is -0.0472. The maximum atomic E-state index is 13.1. The van der Waals surface area contributed by atoms with Crippen molar-refractivity contribution in [3.05, 3.63) is 94.4 Å². The van der Waals surface area contributed by atoms with E-state index in [4.69, 9.17) is 21.3 Å². The van der Waals surface area contributed by atoms with Crippen LogP contribution in [0.5, 0.6) is 0 Å². The van der Waals surface area contributed by atoms with Crippen LogP contribution >= 0.6 is 35.1 Å². The van der Waals surface area contributed by atoms with E-state index in [1.54, 1.807) is 16.7 Å². The summed E-state index contributed by atoms with van der Waals surface area (Å²) in [7, 11) is 0. The molecule has 1 fully saturated rings. The minimum Gasteiger partial charge on any atom is -0.380 e. The van der Waals surface area contributed by atoms with Crippen LogP contribution in [0, 0.1) is 0 Å². The monoisotopic (exact) mass is 494 g/mol. The maximum absolute atomic E-state index is 13.1. The molecule has 0 saturated carbocycles. The largest absolute Gasteiger partial charge is 0.380 e. The Labute approximate surface area is 207 Å². The number of hydrogen-bond acceptors (Lipinski definition) is 5. The first kappa shape index (κ1) is 23.6. The first-order valence-corrected chi connectivity index (χ1v) is 12.6. The molecule has 1 saturated heterocycles. The van der Waals surface area contributed by atoms with Gasteiger partial charge in [0, 0.05) is 21.4 Å². The molecule has 0 atom stereocenters. The first-order valence-electron chi connectivity index (χ1n) is 10.6. The van der Waals surface area contributed by atoms with Gasteiger partial charge in [0.1, 0.15) is 0 Å². The molecule has 0 spiro atoms. The molecule has 7 heteroatoms. The van der Waals surface area contributed by atoms with Crippen molar-refractivity contribution in [1.29, 1.82) is 0 Å². The number of rotatable bonds is 8. The van der Waals surface area contributed by atoms with Gasteiger partial charge >= 0.3 is 0 Å². The van der Waals surface area contributed by atoms with Crippen molar-refractivity contribution in [3.8, 4) is 0 Å². The van der Waals surface area contributed by atoms with Crippen LogP contribution in [0.4, 0.5) is 5.69 Å². The Hall–Kier alpha value is -2.51. The normalized spacial score (nSPS) is 16.2. The summed E-state index contributed by atoms with van der Waals surface area (Å²) in [5.41, 5.74) is 1.79. The molecule has 0 N–H and O–H groups in total. The molecule has 0 unspecified atom stereocenters. The fourth-order valence-electron chi connectivity index (χ4n) is 3.12. The predicted octanol–water partition coefficient (Wildman–Crippen LogP) is 7.13. The molecule has 1 aliphatic heterocycles. The van der Waals surface area contributed by atoms with Gasteiger partial charge in [0.25, 0.3) is 5.91 Å². The molecule has 33 heavy (non-hydrogen) atoms. The average Bonchev–Trinajstić information content (AvgIpc) is 3.11. The van der Waals surface area contributed by atoms with Crippen LogP contribution < -0.4 is 0 Å². The van der Waals surface area contributed by atoms with E-state index in [-0.39, 0.29) is 5.91 Å². The number of amidine groups is 1. The summed E-state index contributed by atoms with van der Waals surface area (Å²) >= 11 is 9.03. The van der Waals surface area contributed by atoms with Crippen LogP contribution in [0.25, 0.3) is 6.08 Å². The van der Waals surface area contributed by atoms with E-state index >= 15 is 0 Å². The molecule has 168 valence electrons. The molecule has 0 radical (unpaired) electrons. The summed E-state index contributed by atoms with van der Waals surface area (Å²) in [5, 5.41) is 1.40. The number of para-hydroxylation sites is 1. The second-order valence-electron chi connectivity index (χ2n) is 7.12. The fraction of sp³-hybridized carbons (Fsp3) is 0.154.